The molecule has 0 saturated carbocycles. The lowest BCUT2D eigenvalue weighted by Gasteiger charge is -2.38. The van der Waals surface area contributed by atoms with Gasteiger partial charge >= 0.3 is 0 Å². The number of piperidine rings is 1. The van der Waals surface area contributed by atoms with E-state index >= 15 is 0 Å². The molecule has 0 bridgehead atoms. The maximum atomic E-state index is 13.8. The average molecular weight is 610 g/mol. The molecule has 1 spiro atoms. The molecule has 6 rings (SSSR count). The Hall–Kier alpha value is -4.57. The normalized spacial score (nSPS) is 18.9. The number of amides is 2. The standard InChI is InChI=1S/C35H43N7O3/c1-38-14-3-4-30(38)25-39-18-20-40(21-19-39)28-7-5-26(6-8-28)33(43)41-15-11-35(12-16-41)13-17-42(34(35)44)29-9-10-31(27(23-36)24-37)32(22-29)45-2/h3-10,14,22-24,36H,11-13,15-21,25,37H2,1-2H3/b27-24+,36-23?. The van der Waals surface area contributed by atoms with Crippen LogP contribution in [0.1, 0.15) is 40.9 Å². The van der Waals surface area contributed by atoms with Gasteiger partial charge in [0.1, 0.15) is 5.75 Å². The highest BCUT2D eigenvalue weighted by atomic mass is 16.5. The molecule has 3 N–H and O–H groups in total. The Morgan fingerprint density at radius 3 is 2.27 bits per heavy atom. The summed E-state index contributed by atoms with van der Waals surface area (Å²) in [6, 6.07) is 17.9. The van der Waals surface area contributed by atoms with Crippen LogP contribution in [0.4, 0.5) is 11.4 Å². The van der Waals surface area contributed by atoms with Gasteiger partial charge in [0.05, 0.1) is 12.5 Å². The minimum absolute atomic E-state index is 0.0291. The lowest BCUT2D eigenvalue weighted by Crippen LogP contribution is -2.47. The number of nitrogens with zero attached hydrogens (tertiary/aromatic N) is 5. The number of rotatable bonds is 8. The first-order chi connectivity index (χ1) is 21.9. The van der Waals surface area contributed by atoms with Gasteiger partial charge in [-0.3, -0.25) is 14.5 Å². The summed E-state index contributed by atoms with van der Waals surface area (Å²) in [5.74, 6) is 0.707. The van der Waals surface area contributed by atoms with E-state index in [1.54, 1.807) is 7.11 Å². The van der Waals surface area contributed by atoms with Gasteiger partial charge in [-0.15, -0.1) is 0 Å². The van der Waals surface area contributed by atoms with Crippen LogP contribution in [-0.4, -0.2) is 85.3 Å². The molecule has 4 heterocycles. The molecule has 3 fully saturated rings. The number of anilines is 2. The van der Waals surface area contributed by atoms with E-state index in [1.807, 2.05) is 40.1 Å². The van der Waals surface area contributed by atoms with Crippen molar-refractivity contribution in [2.75, 3.05) is 62.7 Å². The van der Waals surface area contributed by atoms with Crippen molar-refractivity contribution in [1.82, 2.24) is 14.4 Å². The number of allylic oxidation sites excluding steroid dienone is 1. The Labute approximate surface area is 265 Å². The number of carbonyl (C=O) groups is 2. The van der Waals surface area contributed by atoms with Crippen LogP contribution in [0, 0.1) is 10.8 Å². The van der Waals surface area contributed by atoms with Crippen LogP contribution in [0.15, 0.2) is 67.0 Å². The molecule has 45 heavy (non-hydrogen) atoms. The predicted molar refractivity (Wildman–Crippen MR) is 178 cm³/mol. The number of aromatic nitrogens is 1. The van der Waals surface area contributed by atoms with E-state index < -0.39 is 5.41 Å². The van der Waals surface area contributed by atoms with Crippen LogP contribution in [0.3, 0.4) is 0 Å². The van der Waals surface area contributed by atoms with Crippen molar-refractivity contribution in [3.63, 3.8) is 0 Å². The monoisotopic (exact) mass is 609 g/mol. The molecule has 2 amide bonds. The molecule has 0 radical (unpaired) electrons. The minimum atomic E-state index is -0.452. The topological polar surface area (TPSA) is 111 Å². The molecule has 0 atom stereocenters. The van der Waals surface area contributed by atoms with Gasteiger partial charge < -0.3 is 35.1 Å². The number of nitrogens with one attached hydrogen (secondary N) is 1. The first kappa shape index (κ1) is 30.5. The second-order valence-corrected chi connectivity index (χ2v) is 12.4. The predicted octanol–water partition coefficient (Wildman–Crippen LogP) is 3.96. The highest BCUT2D eigenvalue weighted by Gasteiger charge is 2.49. The number of methoxy groups -OCH3 is 1. The summed E-state index contributed by atoms with van der Waals surface area (Å²) in [5.41, 5.74) is 10.4. The Morgan fingerprint density at radius 1 is 0.956 bits per heavy atom. The van der Waals surface area contributed by atoms with Crippen LogP contribution in [-0.2, 0) is 18.4 Å². The third-order valence-electron chi connectivity index (χ3n) is 9.95. The zero-order chi connectivity index (χ0) is 31.6. The maximum Gasteiger partial charge on any atom is 0.253 e. The SMILES string of the molecule is COc1cc(N2CCC3(CCN(C(=O)c4ccc(N5CCN(Cc6cccn6C)CC5)cc4)CC3)C2=O)ccc1/C(C=N)=C/N. The molecule has 3 aliphatic heterocycles. The molecule has 0 aliphatic carbocycles. The second-order valence-electron chi connectivity index (χ2n) is 12.4. The van der Waals surface area contributed by atoms with E-state index in [0.717, 1.165) is 50.5 Å². The van der Waals surface area contributed by atoms with Crippen LogP contribution < -0.4 is 20.3 Å². The van der Waals surface area contributed by atoms with Gasteiger partial charge in [0.15, 0.2) is 0 Å². The quantitative estimate of drug-likeness (QED) is 0.374. The molecule has 2 aromatic carbocycles. The lowest BCUT2D eigenvalue weighted by molar-refractivity contribution is -0.127. The third-order valence-corrected chi connectivity index (χ3v) is 9.95. The van der Waals surface area contributed by atoms with Crippen molar-refractivity contribution >= 4 is 35.0 Å². The zero-order valence-electron chi connectivity index (χ0n) is 26.2. The Kier molecular flexibility index (Phi) is 8.67. The molecule has 10 heteroatoms. The fourth-order valence-electron chi connectivity index (χ4n) is 7.02. The molecular formula is C35H43N7O3. The van der Waals surface area contributed by atoms with Crippen LogP contribution >= 0.6 is 0 Å². The third kappa shape index (κ3) is 5.94. The molecular weight excluding hydrogens is 566 g/mol. The molecule has 3 aromatic rings. The summed E-state index contributed by atoms with van der Waals surface area (Å²) in [5, 5.41) is 7.62. The van der Waals surface area contributed by atoms with Crippen molar-refractivity contribution in [2.24, 2.45) is 18.2 Å². The zero-order valence-corrected chi connectivity index (χ0v) is 26.2. The molecule has 236 valence electrons. The van der Waals surface area contributed by atoms with Crippen molar-refractivity contribution < 1.29 is 14.3 Å². The number of carbonyl (C=O) groups excluding carboxylic acids is 2. The van der Waals surface area contributed by atoms with Gasteiger partial charge in [-0.1, -0.05) is 0 Å². The summed E-state index contributed by atoms with van der Waals surface area (Å²) in [6.45, 7) is 6.66. The number of ether oxygens (including phenoxy) is 1. The number of hydrogen-bond acceptors (Lipinski definition) is 7. The highest BCUT2D eigenvalue weighted by Crippen LogP contribution is 2.44. The summed E-state index contributed by atoms with van der Waals surface area (Å²) in [4.78, 5) is 35.8. The van der Waals surface area contributed by atoms with Crippen molar-refractivity contribution in [1.29, 1.82) is 5.41 Å². The number of likely N-dealkylation sites (tertiary alicyclic amines) is 1. The maximum absolute atomic E-state index is 13.8. The van der Waals surface area contributed by atoms with E-state index in [-0.39, 0.29) is 11.8 Å². The van der Waals surface area contributed by atoms with Crippen molar-refractivity contribution in [2.45, 2.75) is 25.8 Å². The molecule has 1 aromatic heterocycles. The number of aryl methyl sites for hydroxylation is 1. The Balaban J connectivity index is 1.03. The summed E-state index contributed by atoms with van der Waals surface area (Å²) in [7, 11) is 3.66. The fourth-order valence-corrected chi connectivity index (χ4v) is 7.02. The van der Waals surface area contributed by atoms with E-state index in [4.69, 9.17) is 15.9 Å². The fraction of sp³-hybridized carbons (Fsp3) is 0.400. The largest absolute Gasteiger partial charge is 0.496 e. The average Bonchev–Trinajstić information content (AvgIpc) is 3.63. The van der Waals surface area contributed by atoms with Gasteiger partial charge in [0.2, 0.25) is 5.91 Å². The summed E-state index contributed by atoms with van der Waals surface area (Å²) < 4.78 is 7.75. The number of nitrogens with two attached hydrogens (primary N) is 1. The van der Waals surface area contributed by atoms with E-state index in [0.29, 0.717) is 54.9 Å². The lowest BCUT2D eigenvalue weighted by atomic mass is 9.77. The van der Waals surface area contributed by atoms with Gasteiger partial charge in [0, 0.05) is 118 Å². The molecule has 3 saturated heterocycles. The summed E-state index contributed by atoms with van der Waals surface area (Å²) in [6.07, 6.45) is 6.73. The van der Waals surface area contributed by atoms with E-state index in [1.165, 1.54) is 18.1 Å². The van der Waals surface area contributed by atoms with Gasteiger partial charge in [-0.25, -0.2) is 0 Å². The minimum Gasteiger partial charge on any atom is -0.496 e. The number of hydrogen-bond donors (Lipinski definition) is 2. The van der Waals surface area contributed by atoms with Crippen molar-refractivity contribution in [3.8, 4) is 5.75 Å². The van der Waals surface area contributed by atoms with E-state index in [9.17, 15) is 9.59 Å². The highest BCUT2D eigenvalue weighted by molar-refractivity contribution is 6.09. The van der Waals surface area contributed by atoms with Crippen LogP contribution in [0.2, 0.25) is 0 Å². The molecule has 3 aliphatic rings. The van der Waals surface area contributed by atoms with Gasteiger partial charge in [-0.05, 0) is 67.8 Å². The number of benzene rings is 2. The van der Waals surface area contributed by atoms with E-state index in [2.05, 4.69) is 51.9 Å². The van der Waals surface area contributed by atoms with Crippen LogP contribution in [0.25, 0.3) is 5.57 Å². The molecule has 10 nitrogen and oxygen atoms in total. The van der Waals surface area contributed by atoms with Crippen molar-refractivity contribution in [3.05, 3.63) is 83.8 Å². The van der Waals surface area contributed by atoms with Crippen LogP contribution in [0.5, 0.6) is 5.75 Å². The smallest absolute Gasteiger partial charge is 0.253 e. The summed E-state index contributed by atoms with van der Waals surface area (Å²) >= 11 is 0. The van der Waals surface area contributed by atoms with Gasteiger partial charge in [-0.2, -0.15) is 0 Å². The second kappa shape index (κ2) is 12.8. The Morgan fingerprint density at radius 2 is 1.64 bits per heavy atom. The first-order valence-electron chi connectivity index (χ1n) is 15.8. The number of piperazine rings is 1. The Bertz CT molecular complexity index is 1580. The molecule has 0 unspecified atom stereocenters. The first-order valence-corrected chi connectivity index (χ1v) is 15.8. The van der Waals surface area contributed by atoms with Gasteiger partial charge in [0.25, 0.3) is 5.91 Å².